The third-order valence-corrected chi connectivity index (χ3v) is 4.23. The first-order chi connectivity index (χ1) is 5.27. The molecule has 2 fully saturated rings. The lowest BCUT2D eigenvalue weighted by atomic mass is 10.5. The van der Waals surface area contributed by atoms with Gasteiger partial charge >= 0.3 is 0 Å². The molecule has 64 valence electrons. The van der Waals surface area contributed by atoms with Gasteiger partial charge in [-0.3, -0.25) is 0 Å². The van der Waals surface area contributed by atoms with Crippen molar-refractivity contribution in [1.29, 1.82) is 0 Å². The van der Waals surface area contributed by atoms with Crippen LogP contribution < -0.4 is 0 Å². The third-order valence-electron chi connectivity index (χ3n) is 2.19. The Kier molecular flexibility index (Phi) is 2.15. The van der Waals surface area contributed by atoms with Crippen molar-refractivity contribution in [1.82, 2.24) is 0 Å². The van der Waals surface area contributed by atoms with Crippen LogP contribution in [0.5, 0.6) is 0 Å². The summed E-state index contributed by atoms with van der Waals surface area (Å²) >= 11 is 0. The van der Waals surface area contributed by atoms with Gasteiger partial charge in [0, 0.05) is 20.5 Å². The van der Waals surface area contributed by atoms with Crippen LogP contribution in [0.2, 0.25) is 0 Å². The first-order valence-electron chi connectivity index (χ1n) is 4.16. The van der Waals surface area contributed by atoms with Crippen molar-refractivity contribution >= 4 is 20.5 Å². The van der Waals surface area contributed by atoms with Gasteiger partial charge in [-0.2, -0.15) is 0 Å². The molecule has 2 aliphatic rings. The van der Waals surface area contributed by atoms with Gasteiger partial charge in [-0.05, 0) is 0 Å². The van der Waals surface area contributed by atoms with E-state index in [2.05, 4.69) is 0 Å². The van der Waals surface area contributed by atoms with E-state index in [-0.39, 0.29) is 0 Å². The standard InChI is InChI=1S/C6H14O3Si2/c10-5(3-1-7-3)9-6(11)4-2-8-4/h3-6H,1-2H2,10-11H3. The highest BCUT2D eigenvalue weighted by atomic mass is 28.2. The van der Waals surface area contributed by atoms with Crippen LogP contribution in [0.4, 0.5) is 0 Å². The fourth-order valence-corrected chi connectivity index (χ4v) is 3.34. The average Bonchev–Trinajstić information content (AvgIpc) is 2.84. The molecule has 2 heterocycles. The van der Waals surface area contributed by atoms with E-state index in [4.69, 9.17) is 14.2 Å². The monoisotopic (exact) mass is 190 g/mol. The minimum atomic E-state index is 0.404. The van der Waals surface area contributed by atoms with Crippen molar-refractivity contribution in [2.24, 2.45) is 0 Å². The van der Waals surface area contributed by atoms with E-state index in [1.807, 2.05) is 0 Å². The topological polar surface area (TPSA) is 34.3 Å². The molecule has 0 N–H and O–H groups in total. The van der Waals surface area contributed by atoms with Gasteiger partial charge in [-0.15, -0.1) is 0 Å². The predicted molar refractivity (Wildman–Crippen MR) is 48.0 cm³/mol. The summed E-state index contributed by atoms with van der Waals surface area (Å²) in [5.74, 6) is 0. The molecule has 0 aliphatic carbocycles. The van der Waals surface area contributed by atoms with Gasteiger partial charge < -0.3 is 14.2 Å². The van der Waals surface area contributed by atoms with Crippen molar-refractivity contribution in [2.75, 3.05) is 13.2 Å². The molecule has 0 spiro atoms. The lowest BCUT2D eigenvalue weighted by molar-refractivity contribution is 0.0479. The minimum Gasteiger partial charge on any atom is -0.378 e. The van der Waals surface area contributed by atoms with Crippen LogP contribution in [0.15, 0.2) is 0 Å². The third kappa shape index (κ3) is 2.13. The summed E-state index contributed by atoms with van der Waals surface area (Å²) in [5.41, 5.74) is 0.809. The number of rotatable bonds is 4. The molecule has 0 bridgehead atoms. The number of hydrogen-bond acceptors (Lipinski definition) is 3. The molecule has 5 heteroatoms. The molecule has 2 aliphatic heterocycles. The molecule has 0 amide bonds. The summed E-state index contributed by atoms with van der Waals surface area (Å²) < 4.78 is 16.1. The van der Waals surface area contributed by atoms with Crippen LogP contribution in [0.1, 0.15) is 0 Å². The predicted octanol–water partition coefficient (Wildman–Crippen LogP) is -2.82. The largest absolute Gasteiger partial charge is 0.378 e. The smallest absolute Gasteiger partial charge is 0.103 e. The summed E-state index contributed by atoms with van der Waals surface area (Å²) in [7, 11) is 2.15. The Morgan fingerprint density at radius 1 is 1.09 bits per heavy atom. The van der Waals surface area contributed by atoms with Gasteiger partial charge in [0.15, 0.2) is 0 Å². The molecular weight excluding hydrogens is 176 g/mol. The van der Waals surface area contributed by atoms with E-state index in [9.17, 15) is 0 Å². The van der Waals surface area contributed by atoms with Crippen LogP contribution in [0.25, 0.3) is 0 Å². The van der Waals surface area contributed by atoms with Gasteiger partial charge in [0.1, 0.15) is 12.2 Å². The molecule has 4 atom stereocenters. The molecule has 2 rings (SSSR count). The molecule has 11 heavy (non-hydrogen) atoms. The second kappa shape index (κ2) is 2.98. The first-order valence-corrected chi connectivity index (χ1v) is 6.47. The van der Waals surface area contributed by atoms with Crippen LogP contribution in [0, 0.1) is 0 Å². The molecule has 0 aromatic rings. The normalized spacial score (nSPS) is 40.4. The highest BCUT2D eigenvalue weighted by molar-refractivity contribution is 6.14. The van der Waals surface area contributed by atoms with E-state index >= 15 is 0 Å². The zero-order chi connectivity index (χ0) is 7.84. The molecule has 0 radical (unpaired) electrons. The summed E-state index contributed by atoms with van der Waals surface area (Å²) in [6, 6.07) is 0. The van der Waals surface area contributed by atoms with Crippen LogP contribution in [-0.2, 0) is 14.2 Å². The van der Waals surface area contributed by atoms with E-state index in [0.29, 0.717) is 23.7 Å². The molecule has 4 unspecified atom stereocenters. The summed E-state index contributed by atoms with van der Waals surface area (Å²) in [5, 5.41) is 0. The molecule has 3 nitrogen and oxygen atoms in total. The number of ether oxygens (including phenoxy) is 3. The maximum atomic E-state index is 5.77. The van der Waals surface area contributed by atoms with Crippen molar-refractivity contribution in [2.45, 2.75) is 23.7 Å². The van der Waals surface area contributed by atoms with Crippen molar-refractivity contribution in [3.8, 4) is 0 Å². The fraction of sp³-hybridized carbons (Fsp3) is 1.00. The number of epoxide rings is 2. The van der Waals surface area contributed by atoms with E-state index in [0.717, 1.165) is 33.7 Å². The first kappa shape index (κ1) is 7.94. The highest BCUT2D eigenvalue weighted by Gasteiger charge is 2.36. The SMILES string of the molecule is [SiH3]C(OC([SiH3])C1CO1)C1CO1. The Bertz CT molecular complexity index is 131. The van der Waals surface area contributed by atoms with E-state index < -0.39 is 0 Å². The quantitative estimate of drug-likeness (QED) is 0.354. The lowest BCUT2D eigenvalue weighted by Gasteiger charge is -2.15. The Labute approximate surface area is 72.2 Å². The van der Waals surface area contributed by atoms with Gasteiger partial charge in [0.2, 0.25) is 0 Å². The van der Waals surface area contributed by atoms with Gasteiger partial charge in [0.25, 0.3) is 0 Å². The van der Waals surface area contributed by atoms with Gasteiger partial charge in [-0.25, -0.2) is 0 Å². The summed E-state index contributed by atoms with van der Waals surface area (Å²) in [6.07, 6.45) is 0.855. The lowest BCUT2D eigenvalue weighted by Crippen LogP contribution is -2.30. The fourth-order valence-electron chi connectivity index (χ4n) is 1.17. The molecule has 0 saturated carbocycles. The van der Waals surface area contributed by atoms with Crippen LogP contribution in [0.3, 0.4) is 0 Å². The maximum Gasteiger partial charge on any atom is 0.103 e. The zero-order valence-electron chi connectivity index (χ0n) is 6.95. The van der Waals surface area contributed by atoms with E-state index in [1.165, 1.54) is 0 Å². The average molecular weight is 190 g/mol. The molecule has 0 aromatic carbocycles. The Morgan fingerprint density at radius 3 is 1.73 bits per heavy atom. The van der Waals surface area contributed by atoms with Crippen molar-refractivity contribution < 1.29 is 14.2 Å². The second-order valence-electron chi connectivity index (χ2n) is 3.29. The summed E-state index contributed by atoms with van der Waals surface area (Å²) in [4.78, 5) is 0. The molecular formula is C6H14O3Si2. The molecule has 2 saturated heterocycles. The van der Waals surface area contributed by atoms with Gasteiger partial charge in [0.05, 0.1) is 24.7 Å². The second-order valence-corrected chi connectivity index (χ2v) is 5.57. The van der Waals surface area contributed by atoms with Crippen LogP contribution in [-0.4, -0.2) is 57.4 Å². The Balaban J connectivity index is 1.69. The Hall–Kier alpha value is 0.314. The van der Waals surface area contributed by atoms with Crippen molar-refractivity contribution in [3.05, 3.63) is 0 Å². The Morgan fingerprint density at radius 2 is 1.45 bits per heavy atom. The maximum absolute atomic E-state index is 5.77. The molecule has 0 aromatic heterocycles. The minimum absolute atomic E-state index is 0.404. The zero-order valence-corrected chi connectivity index (χ0v) is 10.9. The van der Waals surface area contributed by atoms with E-state index in [1.54, 1.807) is 0 Å². The van der Waals surface area contributed by atoms with Gasteiger partial charge in [-0.1, -0.05) is 0 Å². The van der Waals surface area contributed by atoms with Crippen molar-refractivity contribution in [3.63, 3.8) is 0 Å². The highest BCUT2D eigenvalue weighted by Crippen LogP contribution is 2.20. The van der Waals surface area contributed by atoms with Crippen LogP contribution >= 0.6 is 0 Å². The number of hydrogen-bond donors (Lipinski definition) is 0. The summed E-state index contributed by atoms with van der Waals surface area (Å²) in [6.45, 7) is 1.82.